The number of methoxy groups -OCH3 is 1. The summed E-state index contributed by atoms with van der Waals surface area (Å²) in [4.78, 5) is 11.1. The molecule has 1 aliphatic rings. The molecule has 1 aliphatic heterocycles. The number of hydrogen-bond acceptors (Lipinski definition) is 4. The van der Waals surface area contributed by atoms with Crippen molar-refractivity contribution in [3.63, 3.8) is 0 Å². The van der Waals surface area contributed by atoms with E-state index in [9.17, 15) is 4.79 Å². The Morgan fingerprint density at radius 1 is 1.50 bits per heavy atom. The summed E-state index contributed by atoms with van der Waals surface area (Å²) in [6.45, 7) is 3.60. The average molecular weight is 243 g/mol. The standard InChI is InChI=1S/C12H21NO2S/c1-10(12(14)15-2)3-6-13-9-11-4-7-16-8-5-11/h3,11,13H,4-9H2,1-2H3. The summed E-state index contributed by atoms with van der Waals surface area (Å²) in [5, 5.41) is 3.37. The van der Waals surface area contributed by atoms with Crippen LogP contribution in [0.25, 0.3) is 0 Å². The third-order valence-corrected chi connectivity index (χ3v) is 3.88. The highest BCUT2D eigenvalue weighted by molar-refractivity contribution is 7.99. The molecule has 0 aromatic carbocycles. The van der Waals surface area contributed by atoms with Gasteiger partial charge in [-0.1, -0.05) is 6.08 Å². The summed E-state index contributed by atoms with van der Waals surface area (Å²) in [5.41, 5.74) is 0.675. The van der Waals surface area contributed by atoms with Crippen LogP contribution < -0.4 is 5.32 Å². The largest absolute Gasteiger partial charge is 0.466 e. The van der Waals surface area contributed by atoms with Crippen LogP contribution in [0.2, 0.25) is 0 Å². The Balaban J connectivity index is 2.12. The number of carbonyl (C=O) groups excluding carboxylic acids is 1. The topological polar surface area (TPSA) is 38.3 Å². The van der Waals surface area contributed by atoms with Gasteiger partial charge in [-0.05, 0) is 43.7 Å². The summed E-state index contributed by atoms with van der Waals surface area (Å²) >= 11 is 2.05. The van der Waals surface area contributed by atoms with Gasteiger partial charge in [0.1, 0.15) is 0 Å². The van der Waals surface area contributed by atoms with Crippen LogP contribution >= 0.6 is 11.8 Å². The first kappa shape index (κ1) is 13.6. The molecule has 1 N–H and O–H groups in total. The monoisotopic (exact) mass is 243 g/mol. The molecule has 1 heterocycles. The number of nitrogens with one attached hydrogen (secondary N) is 1. The van der Waals surface area contributed by atoms with Gasteiger partial charge in [0.25, 0.3) is 0 Å². The van der Waals surface area contributed by atoms with Gasteiger partial charge in [0.15, 0.2) is 0 Å². The van der Waals surface area contributed by atoms with Gasteiger partial charge in [0.05, 0.1) is 7.11 Å². The SMILES string of the molecule is COC(=O)C(C)=CCNCC1CCSCC1. The Morgan fingerprint density at radius 2 is 2.19 bits per heavy atom. The van der Waals surface area contributed by atoms with E-state index in [2.05, 4.69) is 10.1 Å². The van der Waals surface area contributed by atoms with E-state index in [1.807, 2.05) is 17.8 Å². The molecule has 0 saturated carbocycles. The van der Waals surface area contributed by atoms with E-state index >= 15 is 0 Å². The normalized spacial score (nSPS) is 18.5. The molecule has 0 aromatic rings. The van der Waals surface area contributed by atoms with Gasteiger partial charge in [-0.25, -0.2) is 4.79 Å². The molecular weight excluding hydrogens is 222 g/mol. The summed E-state index contributed by atoms with van der Waals surface area (Å²) < 4.78 is 4.62. The fraction of sp³-hybridized carbons (Fsp3) is 0.750. The Hall–Kier alpha value is -0.480. The number of carbonyl (C=O) groups is 1. The molecule has 0 spiro atoms. The van der Waals surface area contributed by atoms with E-state index in [0.29, 0.717) is 5.57 Å². The molecule has 0 aromatic heterocycles. The van der Waals surface area contributed by atoms with Crippen molar-refractivity contribution in [3.8, 4) is 0 Å². The third kappa shape index (κ3) is 5.03. The molecule has 0 atom stereocenters. The molecule has 1 saturated heterocycles. The predicted molar refractivity (Wildman–Crippen MR) is 68.7 cm³/mol. The maximum atomic E-state index is 11.1. The lowest BCUT2D eigenvalue weighted by molar-refractivity contribution is -0.136. The van der Waals surface area contributed by atoms with Gasteiger partial charge in [0, 0.05) is 12.1 Å². The van der Waals surface area contributed by atoms with Crippen LogP contribution in [0.3, 0.4) is 0 Å². The van der Waals surface area contributed by atoms with Crippen molar-refractivity contribution in [3.05, 3.63) is 11.6 Å². The van der Waals surface area contributed by atoms with Gasteiger partial charge in [0.2, 0.25) is 0 Å². The molecule has 0 amide bonds. The molecule has 0 bridgehead atoms. The van der Waals surface area contributed by atoms with Gasteiger partial charge >= 0.3 is 5.97 Å². The van der Waals surface area contributed by atoms with Crippen molar-refractivity contribution in [2.45, 2.75) is 19.8 Å². The third-order valence-electron chi connectivity index (χ3n) is 2.83. The summed E-state index contributed by atoms with van der Waals surface area (Å²) in [7, 11) is 1.41. The predicted octanol–water partition coefficient (Wildman–Crippen LogP) is 1.84. The van der Waals surface area contributed by atoms with Crippen LogP contribution in [0.5, 0.6) is 0 Å². The summed E-state index contributed by atoms with van der Waals surface area (Å²) in [6.07, 6.45) is 4.53. The van der Waals surface area contributed by atoms with E-state index in [1.54, 1.807) is 6.92 Å². The number of ether oxygens (including phenoxy) is 1. The molecule has 1 rings (SSSR count). The molecule has 3 nitrogen and oxygen atoms in total. The lowest BCUT2D eigenvalue weighted by Crippen LogP contribution is -2.26. The second-order valence-electron chi connectivity index (χ2n) is 4.09. The first-order valence-corrected chi connectivity index (χ1v) is 6.93. The van der Waals surface area contributed by atoms with Crippen LogP contribution in [0.15, 0.2) is 11.6 Å². The minimum atomic E-state index is -0.240. The van der Waals surface area contributed by atoms with Gasteiger partial charge in [-0.3, -0.25) is 0 Å². The number of rotatable bonds is 5. The smallest absolute Gasteiger partial charge is 0.333 e. The first-order valence-electron chi connectivity index (χ1n) is 5.77. The van der Waals surface area contributed by atoms with Crippen LogP contribution in [0.4, 0.5) is 0 Å². The van der Waals surface area contributed by atoms with Crippen LogP contribution in [0, 0.1) is 5.92 Å². The summed E-state index contributed by atoms with van der Waals surface area (Å²) in [5.74, 6) is 3.16. The Labute approximate surface area is 102 Å². The van der Waals surface area contributed by atoms with Gasteiger partial charge in [-0.2, -0.15) is 11.8 Å². The lowest BCUT2D eigenvalue weighted by Gasteiger charge is -2.21. The number of thioether (sulfide) groups is 1. The molecule has 0 radical (unpaired) electrons. The zero-order valence-corrected chi connectivity index (χ0v) is 10.9. The number of hydrogen-bond donors (Lipinski definition) is 1. The van der Waals surface area contributed by atoms with E-state index < -0.39 is 0 Å². The van der Waals surface area contributed by atoms with Crippen molar-refractivity contribution >= 4 is 17.7 Å². The maximum absolute atomic E-state index is 11.1. The summed E-state index contributed by atoms with van der Waals surface area (Å²) in [6, 6.07) is 0. The Morgan fingerprint density at radius 3 is 2.81 bits per heavy atom. The minimum Gasteiger partial charge on any atom is -0.466 e. The lowest BCUT2D eigenvalue weighted by atomic mass is 10.0. The highest BCUT2D eigenvalue weighted by Gasteiger charge is 2.12. The molecule has 4 heteroatoms. The highest BCUT2D eigenvalue weighted by Crippen LogP contribution is 2.21. The second kappa shape index (κ2) is 7.74. The molecule has 0 aliphatic carbocycles. The van der Waals surface area contributed by atoms with E-state index in [4.69, 9.17) is 0 Å². The average Bonchev–Trinajstić information content (AvgIpc) is 2.34. The molecule has 16 heavy (non-hydrogen) atoms. The quantitative estimate of drug-likeness (QED) is 0.454. The molecule has 0 unspecified atom stereocenters. The molecular formula is C12H21NO2S. The molecule has 1 fully saturated rings. The van der Waals surface area contributed by atoms with Crippen molar-refractivity contribution in [2.24, 2.45) is 5.92 Å². The maximum Gasteiger partial charge on any atom is 0.333 e. The van der Waals surface area contributed by atoms with Crippen molar-refractivity contribution in [1.82, 2.24) is 5.32 Å². The zero-order chi connectivity index (χ0) is 11.8. The van der Waals surface area contributed by atoms with Crippen molar-refractivity contribution in [1.29, 1.82) is 0 Å². The van der Waals surface area contributed by atoms with Crippen LogP contribution in [0.1, 0.15) is 19.8 Å². The van der Waals surface area contributed by atoms with Crippen LogP contribution in [-0.2, 0) is 9.53 Å². The highest BCUT2D eigenvalue weighted by atomic mass is 32.2. The fourth-order valence-corrected chi connectivity index (χ4v) is 2.91. The van der Waals surface area contributed by atoms with E-state index in [0.717, 1.165) is 19.0 Å². The van der Waals surface area contributed by atoms with Crippen molar-refractivity contribution in [2.75, 3.05) is 31.7 Å². The van der Waals surface area contributed by atoms with E-state index in [1.165, 1.54) is 31.5 Å². The van der Waals surface area contributed by atoms with E-state index in [-0.39, 0.29) is 5.97 Å². The second-order valence-corrected chi connectivity index (χ2v) is 5.32. The van der Waals surface area contributed by atoms with Gasteiger partial charge in [-0.15, -0.1) is 0 Å². The first-order chi connectivity index (χ1) is 7.74. The van der Waals surface area contributed by atoms with Crippen LogP contribution in [-0.4, -0.2) is 37.7 Å². The van der Waals surface area contributed by atoms with Crippen molar-refractivity contribution < 1.29 is 9.53 Å². The minimum absolute atomic E-state index is 0.240. The Bertz CT molecular complexity index is 247. The fourth-order valence-electron chi connectivity index (χ4n) is 1.71. The molecule has 92 valence electrons. The van der Waals surface area contributed by atoms with Gasteiger partial charge < -0.3 is 10.1 Å². The zero-order valence-electron chi connectivity index (χ0n) is 10.1. The Kier molecular flexibility index (Phi) is 6.57. The number of esters is 1.